The van der Waals surface area contributed by atoms with E-state index in [1.165, 1.54) is 103 Å². The van der Waals surface area contributed by atoms with Crippen LogP contribution in [0.25, 0.3) is 0 Å². The van der Waals surface area contributed by atoms with Crippen LogP contribution >= 0.6 is 0 Å². The Morgan fingerprint density at radius 3 is 1.42 bits per heavy atom. The molecular formula is C24H46NNaO4S. The zero-order valence-corrected chi connectivity index (χ0v) is 23.2. The van der Waals surface area contributed by atoms with Crippen LogP contribution < -0.4 is 39.4 Å². The summed E-state index contributed by atoms with van der Waals surface area (Å²) in [6, 6.07) is 0. The number of rotatable bonds is 23. The summed E-state index contributed by atoms with van der Waals surface area (Å²) in [6.07, 6.45) is 26.2. The molecule has 0 radical (unpaired) electrons. The first-order valence-corrected chi connectivity index (χ1v) is 13.9. The number of nitrogens with one attached hydrogen (secondary N) is 1. The molecule has 178 valence electrons. The predicted molar refractivity (Wildman–Crippen MR) is 124 cm³/mol. The first-order valence-electron chi connectivity index (χ1n) is 12.3. The van der Waals surface area contributed by atoms with E-state index in [0.717, 1.165) is 18.2 Å². The van der Waals surface area contributed by atoms with Gasteiger partial charge >= 0.3 is 29.6 Å². The standard InChI is InChI=1S/C24H47NO4S.Na/c1-2-3-4-5-6-7-8-9-10-11-12-13-14-15-16-17-18-19-20-21-22-30(28,29)25-23-24(26)27;/h21-22,25H,2-20,23H2,1H3,(H,26,27);/q;+1/p-1/b22-21+;. The minimum absolute atomic E-state index is 0. The molecule has 0 unspecified atom stereocenters. The summed E-state index contributed by atoms with van der Waals surface area (Å²) in [5, 5.41) is 11.3. The number of sulfonamides is 1. The Kier molecular flexibility index (Phi) is 26.6. The Morgan fingerprint density at radius 1 is 0.710 bits per heavy atom. The molecule has 0 aliphatic carbocycles. The van der Waals surface area contributed by atoms with Crippen molar-refractivity contribution in [3.63, 3.8) is 0 Å². The van der Waals surface area contributed by atoms with Crippen LogP contribution in [0.4, 0.5) is 0 Å². The van der Waals surface area contributed by atoms with E-state index in [1.54, 1.807) is 6.08 Å². The summed E-state index contributed by atoms with van der Waals surface area (Å²) in [5.74, 6) is -1.43. The molecule has 0 amide bonds. The number of carbonyl (C=O) groups is 1. The third kappa shape index (κ3) is 28.1. The van der Waals surface area contributed by atoms with Crippen molar-refractivity contribution in [3.05, 3.63) is 11.5 Å². The van der Waals surface area contributed by atoms with Crippen molar-refractivity contribution >= 4 is 16.0 Å². The predicted octanol–water partition coefficient (Wildman–Crippen LogP) is 2.61. The number of carboxylic acid groups (broad SMARTS) is 1. The van der Waals surface area contributed by atoms with Gasteiger partial charge in [0.15, 0.2) is 0 Å². The van der Waals surface area contributed by atoms with Crippen LogP contribution in [-0.2, 0) is 14.8 Å². The van der Waals surface area contributed by atoms with Gasteiger partial charge in [0.05, 0.1) is 12.5 Å². The van der Waals surface area contributed by atoms with Gasteiger partial charge in [-0.1, -0.05) is 122 Å². The molecule has 0 aliphatic heterocycles. The monoisotopic (exact) mass is 467 g/mol. The van der Waals surface area contributed by atoms with Crippen LogP contribution in [0.1, 0.15) is 129 Å². The molecule has 0 saturated heterocycles. The second-order valence-corrected chi connectivity index (χ2v) is 10.1. The summed E-state index contributed by atoms with van der Waals surface area (Å²) < 4.78 is 24.8. The van der Waals surface area contributed by atoms with E-state index in [0.29, 0.717) is 6.42 Å². The number of carbonyl (C=O) groups excluding carboxylic acids is 1. The molecule has 0 aromatic heterocycles. The Morgan fingerprint density at radius 2 is 1.06 bits per heavy atom. The van der Waals surface area contributed by atoms with Gasteiger partial charge < -0.3 is 9.90 Å². The van der Waals surface area contributed by atoms with E-state index in [-0.39, 0.29) is 29.6 Å². The van der Waals surface area contributed by atoms with E-state index in [4.69, 9.17) is 0 Å². The summed E-state index contributed by atoms with van der Waals surface area (Å²) in [4.78, 5) is 10.2. The fourth-order valence-corrected chi connectivity index (χ4v) is 4.37. The Hall–Kier alpha value is 0.120. The normalized spacial score (nSPS) is 11.6. The van der Waals surface area contributed by atoms with E-state index < -0.39 is 22.5 Å². The van der Waals surface area contributed by atoms with E-state index >= 15 is 0 Å². The number of hydrogen-bond donors (Lipinski definition) is 1. The molecular weight excluding hydrogens is 421 g/mol. The summed E-state index contributed by atoms with van der Waals surface area (Å²) in [6.45, 7) is 1.58. The van der Waals surface area contributed by atoms with Crippen LogP contribution in [0, 0.1) is 0 Å². The van der Waals surface area contributed by atoms with Crippen molar-refractivity contribution in [2.75, 3.05) is 6.54 Å². The van der Waals surface area contributed by atoms with Gasteiger partial charge in [0.2, 0.25) is 10.0 Å². The summed E-state index contributed by atoms with van der Waals surface area (Å²) in [5.41, 5.74) is 0. The van der Waals surface area contributed by atoms with E-state index in [1.807, 2.05) is 4.72 Å². The minimum Gasteiger partial charge on any atom is -0.549 e. The number of unbranched alkanes of at least 4 members (excludes halogenated alkanes) is 18. The van der Waals surface area contributed by atoms with Gasteiger partial charge in [-0.05, 0) is 12.8 Å². The van der Waals surface area contributed by atoms with E-state index in [2.05, 4.69) is 6.92 Å². The smallest absolute Gasteiger partial charge is 0.549 e. The molecule has 0 rings (SSSR count). The van der Waals surface area contributed by atoms with Crippen molar-refractivity contribution in [2.45, 2.75) is 129 Å². The van der Waals surface area contributed by atoms with Gasteiger partial charge in [-0.2, -0.15) is 0 Å². The van der Waals surface area contributed by atoms with Crippen molar-refractivity contribution in [3.8, 4) is 0 Å². The fourth-order valence-electron chi connectivity index (χ4n) is 3.57. The Balaban J connectivity index is 0. The zero-order valence-electron chi connectivity index (χ0n) is 20.3. The van der Waals surface area contributed by atoms with Gasteiger partial charge in [0, 0.05) is 5.41 Å². The van der Waals surface area contributed by atoms with E-state index in [9.17, 15) is 18.3 Å². The first kappa shape index (κ1) is 33.3. The average Bonchev–Trinajstić information content (AvgIpc) is 2.71. The van der Waals surface area contributed by atoms with Gasteiger partial charge in [-0.15, -0.1) is 0 Å². The molecule has 0 heterocycles. The fraction of sp³-hybridized carbons (Fsp3) is 0.875. The molecule has 1 N–H and O–H groups in total. The molecule has 0 spiro atoms. The van der Waals surface area contributed by atoms with Crippen LogP contribution in [0.5, 0.6) is 0 Å². The SMILES string of the molecule is CCCCCCCCCCCCCCCCCCCC/C=C/S(=O)(=O)NCC(=O)[O-].[Na+]. The van der Waals surface area contributed by atoms with Crippen molar-refractivity contribution < 1.29 is 47.9 Å². The maximum atomic E-state index is 11.4. The molecule has 0 atom stereocenters. The average molecular weight is 468 g/mol. The van der Waals surface area contributed by atoms with Crippen LogP contribution in [0.3, 0.4) is 0 Å². The molecule has 0 fully saturated rings. The molecule has 0 aromatic rings. The topological polar surface area (TPSA) is 86.3 Å². The van der Waals surface area contributed by atoms with Crippen molar-refractivity contribution in [1.29, 1.82) is 0 Å². The minimum atomic E-state index is -3.65. The molecule has 0 saturated carbocycles. The zero-order chi connectivity index (χ0) is 22.3. The second kappa shape index (κ2) is 24.8. The van der Waals surface area contributed by atoms with Gasteiger partial charge in [-0.3, -0.25) is 0 Å². The quantitative estimate of drug-likeness (QED) is 0.185. The number of aliphatic carboxylic acids is 1. The summed E-state index contributed by atoms with van der Waals surface area (Å²) >= 11 is 0. The maximum Gasteiger partial charge on any atom is 1.00 e. The molecule has 7 heteroatoms. The van der Waals surface area contributed by atoms with Crippen LogP contribution in [0.15, 0.2) is 11.5 Å². The third-order valence-corrected chi connectivity index (χ3v) is 6.51. The maximum absolute atomic E-state index is 11.4. The molecule has 0 bridgehead atoms. The Bertz CT molecular complexity index is 524. The molecule has 0 aromatic carbocycles. The van der Waals surface area contributed by atoms with Gasteiger partial charge in [-0.25, -0.2) is 13.1 Å². The summed E-state index contributed by atoms with van der Waals surface area (Å²) in [7, 11) is -3.65. The van der Waals surface area contributed by atoms with Crippen LogP contribution in [0.2, 0.25) is 0 Å². The molecule has 5 nitrogen and oxygen atoms in total. The van der Waals surface area contributed by atoms with Crippen LogP contribution in [-0.4, -0.2) is 20.9 Å². The third-order valence-electron chi connectivity index (χ3n) is 5.42. The number of hydrogen-bond acceptors (Lipinski definition) is 4. The molecule has 31 heavy (non-hydrogen) atoms. The second-order valence-electron chi connectivity index (χ2n) is 8.41. The van der Waals surface area contributed by atoms with Gasteiger partial charge in [0.1, 0.15) is 0 Å². The number of allylic oxidation sites excluding steroid dienone is 1. The molecule has 0 aliphatic rings. The largest absolute Gasteiger partial charge is 1.00 e. The Labute approximate surface area is 214 Å². The first-order chi connectivity index (χ1) is 14.5. The van der Waals surface area contributed by atoms with Crippen molar-refractivity contribution in [1.82, 2.24) is 4.72 Å². The van der Waals surface area contributed by atoms with Gasteiger partial charge in [0.25, 0.3) is 0 Å². The number of carboxylic acids is 1. The van der Waals surface area contributed by atoms with Crippen molar-refractivity contribution in [2.24, 2.45) is 0 Å².